The van der Waals surface area contributed by atoms with Crippen LogP contribution in [0.1, 0.15) is 11.4 Å². The summed E-state index contributed by atoms with van der Waals surface area (Å²) >= 11 is 6.05. The molecule has 0 aliphatic rings. The second-order valence-corrected chi connectivity index (χ2v) is 5.33. The first-order chi connectivity index (χ1) is 9.60. The van der Waals surface area contributed by atoms with E-state index in [2.05, 4.69) is 16.9 Å². The Kier molecular flexibility index (Phi) is 5.04. The number of aromatic nitrogens is 2. The van der Waals surface area contributed by atoms with E-state index < -0.39 is 0 Å². The van der Waals surface area contributed by atoms with Crippen molar-refractivity contribution < 1.29 is 4.74 Å². The third-order valence-corrected chi connectivity index (χ3v) is 3.56. The van der Waals surface area contributed by atoms with Crippen LogP contribution in [0.15, 0.2) is 30.6 Å². The zero-order valence-corrected chi connectivity index (χ0v) is 12.9. The lowest BCUT2D eigenvalue weighted by Gasteiger charge is -2.18. The maximum absolute atomic E-state index is 6.05. The molecule has 0 radical (unpaired) electrons. The Morgan fingerprint density at radius 3 is 2.85 bits per heavy atom. The van der Waals surface area contributed by atoms with Gasteiger partial charge in [-0.1, -0.05) is 11.6 Å². The Hall–Kier alpha value is -1.52. The van der Waals surface area contributed by atoms with Crippen molar-refractivity contribution in [2.75, 3.05) is 20.7 Å². The number of methoxy groups -OCH3 is 1. The van der Waals surface area contributed by atoms with Gasteiger partial charge in [-0.15, -0.1) is 0 Å². The van der Waals surface area contributed by atoms with Gasteiger partial charge in [0.2, 0.25) is 0 Å². The Morgan fingerprint density at radius 1 is 1.40 bits per heavy atom. The Morgan fingerprint density at radius 2 is 2.20 bits per heavy atom. The second-order valence-electron chi connectivity index (χ2n) is 4.90. The van der Waals surface area contributed by atoms with Crippen LogP contribution < -0.4 is 4.74 Å². The van der Waals surface area contributed by atoms with Gasteiger partial charge in [0.05, 0.1) is 7.11 Å². The van der Waals surface area contributed by atoms with Crippen molar-refractivity contribution in [3.8, 4) is 5.75 Å². The normalized spacial score (nSPS) is 11.1. The number of imidazole rings is 1. The predicted octanol–water partition coefficient (Wildman–Crippen LogP) is 2.76. The highest BCUT2D eigenvalue weighted by Gasteiger charge is 2.08. The monoisotopic (exact) mass is 293 g/mol. The van der Waals surface area contributed by atoms with Gasteiger partial charge in [-0.05, 0) is 25.2 Å². The van der Waals surface area contributed by atoms with Gasteiger partial charge in [-0.25, -0.2) is 4.98 Å². The SMILES string of the molecule is COc1ccc(Cl)cc1CN(C)CCc1nccn1C. The molecule has 0 unspecified atom stereocenters. The van der Waals surface area contributed by atoms with Crippen LogP contribution in [-0.4, -0.2) is 35.2 Å². The van der Waals surface area contributed by atoms with Gasteiger partial charge in [0.15, 0.2) is 0 Å². The van der Waals surface area contributed by atoms with Gasteiger partial charge >= 0.3 is 0 Å². The summed E-state index contributed by atoms with van der Waals surface area (Å²) in [6.45, 7) is 1.73. The fraction of sp³-hybridized carbons (Fsp3) is 0.400. The molecule has 1 aromatic carbocycles. The first-order valence-electron chi connectivity index (χ1n) is 6.57. The number of hydrogen-bond acceptors (Lipinski definition) is 3. The maximum atomic E-state index is 6.05. The van der Waals surface area contributed by atoms with Crippen molar-refractivity contribution in [2.45, 2.75) is 13.0 Å². The molecule has 0 aliphatic carbocycles. The Labute approximate surface area is 124 Å². The van der Waals surface area contributed by atoms with Crippen LogP contribution in [0.2, 0.25) is 5.02 Å². The molecule has 20 heavy (non-hydrogen) atoms. The molecule has 5 heteroatoms. The average Bonchev–Trinajstić information content (AvgIpc) is 2.82. The fourth-order valence-corrected chi connectivity index (χ4v) is 2.36. The summed E-state index contributed by atoms with van der Waals surface area (Å²) in [5.74, 6) is 1.97. The minimum atomic E-state index is 0.735. The molecule has 0 N–H and O–H groups in total. The van der Waals surface area contributed by atoms with Gasteiger partial charge in [0, 0.05) is 49.5 Å². The Bertz CT molecular complexity index is 568. The molecule has 0 spiro atoms. The van der Waals surface area contributed by atoms with Crippen LogP contribution in [0.4, 0.5) is 0 Å². The highest BCUT2D eigenvalue weighted by atomic mass is 35.5. The predicted molar refractivity (Wildman–Crippen MR) is 81.3 cm³/mol. The molecule has 0 saturated heterocycles. The van der Waals surface area contributed by atoms with E-state index in [0.29, 0.717) is 0 Å². The average molecular weight is 294 g/mol. The van der Waals surface area contributed by atoms with Crippen molar-refractivity contribution in [1.29, 1.82) is 0 Å². The highest BCUT2D eigenvalue weighted by molar-refractivity contribution is 6.30. The molecule has 0 aliphatic heterocycles. The van der Waals surface area contributed by atoms with Crippen molar-refractivity contribution in [3.05, 3.63) is 47.0 Å². The largest absolute Gasteiger partial charge is 0.496 e. The maximum Gasteiger partial charge on any atom is 0.123 e. The minimum Gasteiger partial charge on any atom is -0.496 e. The molecular formula is C15H20ClN3O. The van der Waals surface area contributed by atoms with E-state index in [1.807, 2.05) is 42.2 Å². The zero-order chi connectivity index (χ0) is 14.5. The summed E-state index contributed by atoms with van der Waals surface area (Å²) < 4.78 is 7.42. The second kappa shape index (κ2) is 6.77. The summed E-state index contributed by atoms with van der Waals surface area (Å²) in [5, 5.41) is 0.735. The van der Waals surface area contributed by atoms with Gasteiger partial charge in [0.25, 0.3) is 0 Å². The van der Waals surface area contributed by atoms with Gasteiger partial charge in [-0.3, -0.25) is 0 Å². The Balaban J connectivity index is 1.96. The van der Waals surface area contributed by atoms with Crippen LogP contribution in [0.3, 0.4) is 0 Å². The first-order valence-corrected chi connectivity index (χ1v) is 6.95. The van der Waals surface area contributed by atoms with Crippen LogP contribution in [-0.2, 0) is 20.0 Å². The van der Waals surface area contributed by atoms with Crippen molar-refractivity contribution >= 4 is 11.6 Å². The van der Waals surface area contributed by atoms with Crippen molar-refractivity contribution in [3.63, 3.8) is 0 Å². The summed E-state index contributed by atoms with van der Waals surface area (Å²) in [7, 11) is 5.78. The molecule has 0 saturated carbocycles. The van der Waals surface area contributed by atoms with Gasteiger partial charge in [0.1, 0.15) is 11.6 Å². The number of rotatable bonds is 6. The number of likely N-dealkylation sites (N-methyl/N-ethyl adjacent to an activating group) is 1. The topological polar surface area (TPSA) is 30.3 Å². The molecular weight excluding hydrogens is 274 g/mol. The van der Waals surface area contributed by atoms with Crippen molar-refractivity contribution in [2.24, 2.45) is 7.05 Å². The summed E-state index contributed by atoms with van der Waals surface area (Å²) in [6.07, 6.45) is 4.72. The van der Waals surface area contributed by atoms with Crippen LogP contribution >= 0.6 is 11.6 Å². The van der Waals surface area contributed by atoms with E-state index in [1.165, 1.54) is 0 Å². The van der Waals surface area contributed by atoms with Crippen LogP contribution in [0.25, 0.3) is 0 Å². The summed E-state index contributed by atoms with van der Waals surface area (Å²) in [5.41, 5.74) is 1.10. The van der Waals surface area contributed by atoms with Gasteiger partial charge < -0.3 is 14.2 Å². The quantitative estimate of drug-likeness (QED) is 0.820. The number of halogens is 1. The standard InChI is InChI=1S/C15H20ClN3O/c1-18(8-6-15-17-7-9-19(15)2)11-12-10-13(16)4-5-14(12)20-3/h4-5,7,9-10H,6,8,11H2,1-3H3. The van der Waals surface area contributed by atoms with Crippen LogP contribution in [0, 0.1) is 0 Å². The lowest BCUT2D eigenvalue weighted by atomic mass is 10.2. The van der Waals surface area contributed by atoms with Crippen molar-refractivity contribution in [1.82, 2.24) is 14.5 Å². The third kappa shape index (κ3) is 3.74. The molecule has 0 fully saturated rings. The molecule has 1 heterocycles. The number of aryl methyl sites for hydroxylation is 1. The van der Waals surface area contributed by atoms with E-state index >= 15 is 0 Å². The van der Waals surface area contributed by atoms with E-state index in [9.17, 15) is 0 Å². The molecule has 0 amide bonds. The van der Waals surface area contributed by atoms with E-state index in [4.69, 9.17) is 16.3 Å². The molecule has 4 nitrogen and oxygen atoms in total. The van der Waals surface area contributed by atoms with Gasteiger partial charge in [-0.2, -0.15) is 0 Å². The van der Waals surface area contributed by atoms with Crippen LogP contribution in [0.5, 0.6) is 5.75 Å². The summed E-state index contributed by atoms with van der Waals surface area (Å²) in [6, 6.07) is 5.71. The lowest BCUT2D eigenvalue weighted by molar-refractivity contribution is 0.318. The molecule has 0 atom stereocenters. The first kappa shape index (κ1) is 14.9. The smallest absolute Gasteiger partial charge is 0.123 e. The fourth-order valence-electron chi connectivity index (χ4n) is 2.17. The number of hydrogen-bond donors (Lipinski definition) is 0. The molecule has 2 rings (SSSR count). The van der Waals surface area contributed by atoms with E-state index in [0.717, 1.165) is 41.7 Å². The minimum absolute atomic E-state index is 0.735. The number of ether oxygens (including phenoxy) is 1. The van der Waals surface area contributed by atoms with E-state index in [-0.39, 0.29) is 0 Å². The lowest BCUT2D eigenvalue weighted by Crippen LogP contribution is -2.22. The summed E-state index contributed by atoms with van der Waals surface area (Å²) in [4.78, 5) is 6.57. The molecule has 0 bridgehead atoms. The zero-order valence-electron chi connectivity index (χ0n) is 12.1. The number of benzene rings is 1. The number of nitrogens with zero attached hydrogens (tertiary/aromatic N) is 3. The highest BCUT2D eigenvalue weighted by Crippen LogP contribution is 2.23. The molecule has 1 aromatic heterocycles. The molecule has 2 aromatic rings. The van der Waals surface area contributed by atoms with E-state index in [1.54, 1.807) is 7.11 Å². The molecule has 108 valence electrons. The third-order valence-electron chi connectivity index (χ3n) is 3.32.